The molecule has 3 nitrogen and oxygen atoms in total. The molecule has 19 heavy (non-hydrogen) atoms. The van der Waals surface area contributed by atoms with Crippen LogP contribution in [0.2, 0.25) is 0 Å². The summed E-state index contributed by atoms with van der Waals surface area (Å²) in [4.78, 5) is 15.3. The number of fused-ring (bicyclic) bond motifs is 3. The van der Waals surface area contributed by atoms with Crippen LogP contribution in [-0.4, -0.2) is 10.9 Å². The normalized spacial score (nSPS) is 17.5. The van der Waals surface area contributed by atoms with Crippen LogP contribution >= 0.6 is 0 Å². The number of carbonyl (C=O) groups is 1. The number of nitrogens with one attached hydrogen (secondary N) is 2. The van der Waals surface area contributed by atoms with E-state index in [4.69, 9.17) is 0 Å². The fourth-order valence-corrected chi connectivity index (χ4v) is 2.81. The summed E-state index contributed by atoms with van der Waals surface area (Å²) < 4.78 is 0. The Bertz CT molecular complexity index is 774. The molecule has 1 amide bonds. The van der Waals surface area contributed by atoms with Crippen LogP contribution in [0.5, 0.6) is 0 Å². The van der Waals surface area contributed by atoms with Gasteiger partial charge in [-0.05, 0) is 11.6 Å². The second-order valence-corrected chi connectivity index (χ2v) is 4.78. The van der Waals surface area contributed by atoms with Crippen molar-refractivity contribution in [2.24, 2.45) is 0 Å². The highest BCUT2D eigenvalue weighted by atomic mass is 16.2. The van der Waals surface area contributed by atoms with E-state index in [9.17, 15) is 4.79 Å². The summed E-state index contributed by atoms with van der Waals surface area (Å²) in [6, 6.07) is 18.0. The topological polar surface area (TPSA) is 44.9 Å². The van der Waals surface area contributed by atoms with E-state index in [0.717, 1.165) is 22.0 Å². The molecule has 3 heteroatoms. The number of H-pyrrole nitrogens is 1. The first-order valence-electron chi connectivity index (χ1n) is 6.31. The van der Waals surface area contributed by atoms with Crippen LogP contribution in [0.4, 0.5) is 0 Å². The molecule has 4 rings (SSSR count). The highest BCUT2D eigenvalue weighted by Gasteiger charge is 2.33. The van der Waals surface area contributed by atoms with Gasteiger partial charge in [-0.2, -0.15) is 0 Å². The molecule has 0 radical (unpaired) electrons. The minimum atomic E-state index is -0.0557. The minimum absolute atomic E-state index is 0.0277. The standard InChI is InChI=1S/C16H12N2O/c19-16-15-13(11-8-4-5-9-12(11)17-15)14(18-16)10-6-2-1-3-7-10/h1-9,14,17H,(H,18,19). The monoisotopic (exact) mass is 248 g/mol. The molecule has 0 aliphatic carbocycles. The number of hydrogen-bond donors (Lipinski definition) is 2. The second kappa shape index (κ2) is 3.72. The molecule has 0 saturated heterocycles. The number of amides is 1. The van der Waals surface area contributed by atoms with E-state index < -0.39 is 0 Å². The Hall–Kier alpha value is -2.55. The SMILES string of the molecule is O=C1NC(c2ccccc2)c2c1[nH]c1ccccc21. The van der Waals surface area contributed by atoms with Gasteiger partial charge in [-0.3, -0.25) is 4.79 Å². The molecule has 2 heterocycles. The van der Waals surface area contributed by atoms with Crippen molar-refractivity contribution in [3.63, 3.8) is 0 Å². The fourth-order valence-electron chi connectivity index (χ4n) is 2.81. The molecule has 1 aromatic heterocycles. The smallest absolute Gasteiger partial charge is 0.268 e. The predicted octanol–water partition coefficient (Wildman–Crippen LogP) is 3.00. The highest BCUT2D eigenvalue weighted by Crippen LogP contribution is 2.36. The van der Waals surface area contributed by atoms with Gasteiger partial charge in [0, 0.05) is 16.5 Å². The molecule has 0 saturated carbocycles. The average Bonchev–Trinajstić information content (AvgIpc) is 2.98. The molecule has 1 unspecified atom stereocenters. The van der Waals surface area contributed by atoms with E-state index >= 15 is 0 Å². The van der Waals surface area contributed by atoms with Crippen LogP contribution in [-0.2, 0) is 0 Å². The quantitative estimate of drug-likeness (QED) is 0.683. The number of para-hydroxylation sites is 1. The zero-order chi connectivity index (χ0) is 12.8. The molecule has 92 valence electrons. The van der Waals surface area contributed by atoms with Gasteiger partial charge in [-0.25, -0.2) is 0 Å². The maximum absolute atomic E-state index is 12.1. The van der Waals surface area contributed by atoms with Crippen LogP contribution in [0.15, 0.2) is 54.6 Å². The summed E-state index contributed by atoms with van der Waals surface area (Å²) in [7, 11) is 0. The lowest BCUT2D eigenvalue weighted by Crippen LogP contribution is -2.20. The fraction of sp³-hybridized carbons (Fsp3) is 0.0625. The zero-order valence-electron chi connectivity index (χ0n) is 10.2. The third-order valence-corrected chi connectivity index (χ3v) is 3.67. The van der Waals surface area contributed by atoms with Gasteiger partial charge >= 0.3 is 0 Å². The first kappa shape index (κ1) is 10.4. The van der Waals surface area contributed by atoms with E-state index in [1.807, 2.05) is 48.5 Å². The largest absolute Gasteiger partial charge is 0.350 e. The first-order valence-corrected chi connectivity index (χ1v) is 6.31. The number of rotatable bonds is 1. The molecule has 2 aromatic carbocycles. The van der Waals surface area contributed by atoms with Crippen molar-refractivity contribution in [2.75, 3.05) is 0 Å². The van der Waals surface area contributed by atoms with Gasteiger partial charge in [-0.15, -0.1) is 0 Å². The second-order valence-electron chi connectivity index (χ2n) is 4.78. The summed E-state index contributed by atoms with van der Waals surface area (Å²) in [6.45, 7) is 0. The van der Waals surface area contributed by atoms with Gasteiger partial charge in [0.1, 0.15) is 5.69 Å². The van der Waals surface area contributed by atoms with E-state index in [1.165, 1.54) is 0 Å². The van der Waals surface area contributed by atoms with Crippen LogP contribution in [0.1, 0.15) is 27.7 Å². The van der Waals surface area contributed by atoms with Crippen molar-refractivity contribution >= 4 is 16.8 Å². The van der Waals surface area contributed by atoms with Crippen molar-refractivity contribution < 1.29 is 4.79 Å². The Morgan fingerprint density at radius 1 is 0.895 bits per heavy atom. The molecule has 0 bridgehead atoms. The van der Waals surface area contributed by atoms with Crippen molar-refractivity contribution in [3.05, 3.63) is 71.4 Å². The molecule has 1 aliphatic rings. The summed E-state index contributed by atoms with van der Waals surface area (Å²) in [5.41, 5.74) is 3.88. The summed E-state index contributed by atoms with van der Waals surface area (Å²) in [5.74, 6) is -0.0277. The lowest BCUT2D eigenvalue weighted by Gasteiger charge is -2.12. The van der Waals surface area contributed by atoms with Gasteiger partial charge in [0.2, 0.25) is 0 Å². The average molecular weight is 248 g/mol. The van der Waals surface area contributed by atoms with E-state index in [-0.39, 0.29) is 11.9 Å². The Morgan fingerprint density at radius 3 is 2.47 bits per heavy atom. The van der Waals surface area contributed by atoms with Crippen LogP contribution in [0, 0.1) is 0 Å². The van der Waals surface area contributed by atoms with Crippen LogP contribution in [0.3, 0.4) is 0 Å². The summed E-state index contributed by atoms with van der Waals surface area (Å²) in [5, 5.41) is 4.15. The lowest BCUT2D eigenvalue weighted by atomic mass is 9.99. The number of carbonyl (C=O) groups excluding carboxylic acids is 1. The Balaban J connectivity index is 1.98. The molecular formula is C16H12N2O. The molecule has 1 aliphatic heterocycles. The molecule has 0 spiro atoms. The van der Waals surface area contributed by atoms with Crippen molar-refractivity contribution in [2.45, 2.75) is 6.04 Å². The van der Waals surface area contributed by atoms with Gasteiger partial charge < -0.3 is 10.3 Å². The third kappa shape index (κ3) is 1.41. The maximum Gasteiger partial charge on any atom is 0.268 e. The molecule has 0 fully saturated rings. The van der Waals surface area contributed by atoms with Gasteiger partial charge in [0.05, 0.1) is 6.04 Å². The molecule has 3 aromatic rings. The zero-order valence-corrected chi connectivity index (χ0v) is 10.2. The number of hydrogen-bond acceptors (Lipinski definition) is 1. The number of aromatic amines is 1. The molecule has 1 atom stereocenters. The molecular weight excluding hydrogens is 236 g/mol. The third-order valence-electron chi connectivity index (χ3n) is 3.67. The van der Waals surface area contributed by atoms with Crippen LogP contribution in [0.25, 0.3) is 10.9 Å². The van der Waals surface area contributed by atoms with E-state index in [0.29, 0.717) is 5.69 Å². The Kier molecular flexibility index (Phi) is 2.03. The molecule has 2 N–H and O–H groups in total. The van der Waals surface area contributed by atoms with Gasteiger partial charge in [0.25, 0.3) is 5.91 Å². The number of benzene rings is 2. The van der Waals surface area contributed by atoms with E-state index in [1.54, 1.807) is 0 Å². The summed E-state index contributed by atoms with van der Waals surface area (Å²) >= 11 is 0. The Morgan fingerprint density at radius 2 is 1.63 bits per heavy atom. The number of aromatic nitrogens is 1. The summed E-state index contributed by atoms with van der Waals surface area (Å²) in [6.07, 6.45) is 0. The van der Waals surface area contributed by atoms with Gasteiger partial charge in [0.15, 0.2) is 0 Å². The van der Waals surface area contributed by atoms with Crippen molar-refractivity contribution in [1.29, 1.82) is 0 Å². The Labute approximate surface area is 110 Å². The highest BCUT2D eigenvalue weighted by molar-refractivity contribution is 6.05. The van der Waals surface area contributed by atoms with Crippen molar-refractivity contribution in [1.82, 2.24) is 10.3 Å². The lowest BCUT2D eigenvalue weighted by molar-refractivity contribution is 0.0956. The van der Waals surface area contributed by atoms with Crippen molar-refractivity contribution in [3.8, 4) is 0 Å². The first-order chi connectivity index (χ1) is 9.34. The predicted molar refractivity (Wildman–Crippen MR) is 74.0 cm³/mol. The van der Waals surface area contributed by atoms with Gasteiger partial charge in [-0.1, -0.05) is 48.5 Å². The maximum atomic E-state index is 12.1. The van der Waals surface area contributed by atoms with E-state index in [2.05, 4.69) is 16.4 Å². The van der Waals surface area contributed by atoms with Crippen LogP contribution < -0.4 is 5.32 Å². The minimum Gasteiger partial charge on any atom is -0.350 e.